The molecule has 2 aromatic carbocycles. The van der Waals surface area contributed by atoms with E-state index >= 15 is 0 Å². The normalized spacial score (nSPS) is 15.8. The Balaban J connectivity index is 1.70. The Morgan fingerprint density at radius 2 is 1.92 bits per heavy atom. The third kappa shape index (κ3) is 4.31. The first-order chi connectivity index (χ1) is 11.7. The standard InChI is InChI=1S/C21H25ClO2/c1-2-24-19-9-6-16(7-10-19)12-18-14-17(8-11-20(18)22)21(23)13-15-4-3-5-15/h6-11,14-15,21,23H,2-5,12-13H2,1H3. The van der Waals surface area contributed by atoms with E-state index in [4.69, 9.17) is 16.3 Å². The maximum Gasteiger partial charge on any atom is 0.119 e. The van der Waals surface area contributed by atoms with Gasteiger partial charge in [0.15, 0.2) is 0 Å². The summed E-state index contributed by atoms with van der Waals surface area (Å²) in [6.07, 6.45) is 5.06. The lowest BCUT2D eigenvalue weighted by atomic mass is 9.80. The second kappa shape index (κ2) is 8.04. The van der Waals surface area contributed by atoms with Gasteiger partial charge in [-0.05, 0) is 60.6 Å². The molecule has 1 N–H and O–H groups in total. The summed E-state index contributed by atoms with van der Waals surface area (Å²) in [5.41, 5.74) is 3.23. The Morgan fingerprint density at radius 1 is 1.17 bits per heavy atom. The Hall–Kier alpha value is -1.51. The van der Waals surface area contributed by atoms with Crippen molar-refractivity contribution in [1.29, 1.82) is 0 Å². The topological polar surface area (TPSA) is 29.5 Å². The van der Waals surface area contributed by atoms with Gasteiger partial charge in [0.05, 0.1) is 12.7 Å². The summed E-state index contributed by atoms with van der Waals surface area (Å²) in [5.74, 6) is 1.57. The molecule has 1 aliphatic rings. The van der Waals surface area contributed by atoms with Gasteiger partial charge in [0.1, 0.15) is 5.75 Å². The van der Waals surface area contributed by atoms with Crippen molar-refractivity contribution in [3.63, 3.8) is 0 Å². The third-order valence-electron chi connectivity index (χ3n) is 4.86. The first kappa shape index (κ1) is 17.3. The van der Waals surface area contributed by atoms with E-state index < -0.39 is 0 Å². The average Bonchev–Trinajstić information content (AvgIpc) is 2.55. The van der Waals surface area contributed by atoms with Crippen LogP contribution in [0.4, 0.5) is 0 Å². The fourth-order valence-corrected chi connectivity index (χ4v) is 3.39. The maximum absolute atomic E-state index is 10.5. The van der Waals surface area contributed by atoms with Crippen LogP contribution in [0.5, 0.6) is 5.75 Å². The van der Waals surface area contributed by atoms with Crippen molar-refractivity contribution in [3.05, 3.63) is 64.2 Å². The molecule has 1 aliphatic carbocycles. The van der Waals surface area contributed by atoms with Crippen molar-refractivity contribution < 1.29 is 9.84 Å². The minimum Gasteiger partial charge on any atom is -0.494 e. The van der Waals surface area contributed by atoms with Crippen molar-refractivity contribution >= 4 is 11.6 Å². The Bertz CT molecular complexity index is 662. The quantitative estimate of drug-likeness (QED) is 0.713. The smallest absolute Gasteiger partial charge is 0.119 e. The van der Waals surface area contributed by atoms with Gasteiger partial charge in [0.25, 0.3) is 0 Å². The van der Waals surface area contributed by atoms with Crippen LogP contribution >= 0.6 is 11.6 Å². The zero-order chi connectivity index (χ0) is 16.9. The molecule has 24 heavy (non-hydrogen) atoms. The second-order valence-corrected chi connectivity index (χ2v) is 7.06. The van der Waals surface area contributed by atoms with E-state index in [0.29, 0.717) is 12.5 Å². The maximum atomic E-state index is 10.5. The highest BCUT2D eigenvalue weighted by molar-refractivity contribution is 6.31. The van der Waals surface area contributed by atoms with Crippen LogP contribution < -0.4 is 4.74 Å². The zero-order valence-corrected chi connectivity index (χ0v) is 14.9. The largest absolute Gasteiger partial charge is 0.494 e. The van der Waals surface area contributed by atoms with E-state index in [9.17, 15) is 5.11 Å². The molecule has 0 spiro atoms. The zero-order valence-electron chi connectivity index (χ0n) is 14.2. The molecule has 2 aromatic rings. The number of aliphatic hydroxyl groups is 1. The molecule has 1 saturated carbocycles. The first-order valence-electron chi connectivity index (χ1n) is 8.84. The van der Waals surface area contributed by atoms with Gasteiger partial charge in [-0.1, -0.05) is 55.1 Å². The summed E-state index contributed by atoms with van der Waals surface area (Å²) in [7, 11) is 0. The van der Waals surface area contributed by atoms with Gasteiger partial charge in [-0.3, -0.25) is 0 Å². The van der Waals surface area contributed by atoms with Crippen LogP contribution in [0.25, 0.3) is 0 Å². The van der Waals surface area contributed by atoms with Crippen LogP contribution in [-0.2, 0) is 6.42 Å². The molecule has 2 nitrogen and oxygen atoms in total. The molecular weight excluding hydrogens is 320 g/mol. The van der Waals surface area contributed by atoms with Gasteiger partial charge in [0, 0.05) is 5.02 Å². The van der Waals surface area contributed by atoms with Crippen LogP contribution in [0, 0.1) is 5.92 Å². The van der Waals surface area contributed by atoms with Gasteiger partial charge >= 0.3 is 0 Å². The summed E-state index contributed by atoms with van der Waals surface area (Å²) in [6.45, 7) is 2.65. The lowest BCUT2D eigenvalue weighted by Gasteiger charge is -2.27. The number of hydrogen-bond donors (Lipinski definition) is 1. The molecule has 1 fully saturated rings. The van der Waals surface area contributed by atoms with Crippen LogP contribution in [-0.4, -0.2) is 11.7 Å². The highest BCUT2D eigenvalue weighted by Crippen LogP contribution is 2.35. The van der Waals surface area contributed by atoms with Crippen LogP contribution in [0.2, 0.25) is 5.02 Å². The third-order valence-corrected chi connectivity index (χ3v) is 5.23. The van der Waals surface area contributed by atoms with E-state index in [2.05, 4.69) is 18.2 Å². The van der Waals surface area contributed by atoms with E-state index in [0.717, 1.165) is 34.7 Å². The number of aliphatic hydroxyl groups excluding tert-OH is 1. The molecule has 1 atom stereocenters. The Labute approximate surface area is 149 Å². The van der Waals surface area contributed by atoms with Gasteiger partial charge < -0.3 is 9.84 Å². The molecular formula is C21H25ClO2. The molecule has 0 aliphatic heterocycles. The number of ether oxygens (including phenoxy) is 1. The highest BCUT2D eigenvalue weighted by Gasteiger charge is 2.22. The second-order valence-electron chi connectivity index (χ2n) is 6.65. The lowest BCUT2D eigenvalue weighted by molar-refractivity contribution is 0.118. The fraction of sp³-hybridized carbons (Fsp3) is 0.429. The SMILES string of the molecule is CCOc1ccc(Cc2cc(C(O)CC3CCC3)ccc2Cl)cc1. The molecule has 3 rings (SSSR count). The minimum absolute atomic E-state index is 0.383. The van der Waals surface area contributed by atoms with Crippen molar-refractivity contribution in [2.75, 3.05) is 6.61 Å². The molecule has 0 amide bonds. The van der Waals surface area contributed by atoms with Crippen molar-refractivity contribution in [2.24, 2.45) is 5.92 Å². The Morgan fingerprint density at radius 3 is 2.54 bits per heavy atom. The number of rotatable bonds is 7. The van der Waals surface area contributed by atoms with Crippen LogP contribution in [0.1, 0.15) is 55.4 Å². The molecule has 0 heterocycles. The number of halogens is 1. The van der Waals surface area contributed by atoms with Crippen molar-refractivity contribution in [3.8, 4) is 5.75 Å². The summed E-state index contributed by atoms with van der Waals surface area (Å²) >= 11 is 6.37. The van der Waals surface area contributed by atoms with Crippen molar-refractivity contribution in [1.82, 2.24) is 0 Å². The average molecular weight is 345 g/mol. The summed E-state index contributed by atoms with van der Waals surface area (Å²) in [6, 6.07) is 14.0. The van der Waals surface area contributed by atoms with E-state index in [1.165, 1.54) is 24.8 Å². The van der Waals surface area contributed by atoms with Gasteiger partial charge in [-0.15, -0.1) is 0 Å². The van der Waals surface area contributed by atoms with E-state index in [1.807, 2.05) is 31.2 Å². The van der Waals surface area contributed by atoms with E-state index in [1.54, 1.807) is 0 Å². The van der Waals surface area contributed by atoms with Crippen molar-refractivity contribution in [2.45, 2.75) is 45.1 Å². The summed E-state index contributed by atoms with van der Waals surface area (Å²) in [5, 5.41) is 11.2. The first-order valence-corrected chi connectivity index (χ1v) is 9.21. The number of hydrogen-bond acceptors (Lipinski definition) is 2. The molecule has 1 unspecified atom stereocenters. The lowest BCUT2D eigenvalue weighted by Crippen LogP contribution is -2.15. The minimum atomic E-state index is -0.383. The Kier molecular flexibility index (Phi) is 5.80. The van der Waals surface area contributed by atoms with Crippen LogP contribution in [0.15, 0.2) is 42.5 Å². The fourth-order valence-electron chi connectivity index (χ4n) is 3.21. The van der Waals surface area contributed by atoms with Crippen LogP contribution in [0.3, 0.4) is 0 Å². The van der Waals surface area contributed by atoms with Gasteiger partial charge in [-0.25, -0.2) is 0 Å². The van der Waals surface area contributed by atoms with E-state index in [-0.39, 0.29) is 6.10 Å². The molecule has 0 aromatic heterocycles. The summed E-state index contributed by atoms with van der Waals surface area (Å²) < 4.78 is 5.48. The molecule has 128 valence electrons. The van der Waals surface area contributed by atoms with Gasteiger partial charge in [-0.2, -0.15) is 0 Å². The van der Waals surface area contributed by atoms with Gasteiger partial charge in [0.2, 0.25) is 0 Å². The molecule has 0 bridgehead atoms. The monoisotopic (exact) mass is 344 g/mol. The highest BCUT2D eigenvalue weighted by atomic mass is 35.5. The number of benzene rings is 2. The molecule has 0 saturated heterocycles. The predicted octanol–water partition coefficient (Wildman–Crippen LogP) is 5.55. The molecule has 3 heteroatoms. The molecule has 0 radical (unpaired) electrons. The summed E-state index contributed by atoms with van der Waals surface area (Å²) in [4.78, 5) is 0. The predicted molar refractivity (Wildman–Crippen MR) is 98.8 cm³/mol.